The Morgan fingerprint density at radius 1 is 1.12 bits per heavy atom. The van der Waals surface area contributed by atoms with Crippen LogP contribution in [-0.2, 0) is 6.54 Å². The molecule has 6 nitrogen and oxygen atoms in total. The third-order valence-electron chi connectivity index (χ3n) is 3.98. The number of aryl methyl sites for hydroxylation is 1. The Morgan fingerprint density at radius 3 is 2.48 bits per heavy atom. The minimum absolute atomic E-state index is 0.125. The second-order valence-corrected chi connectivity index (χ2v) is 5.85. The van der Waals surface area contributed by atoms with Crippen molar-refractivity contribution in [2.45, 2.75) is 32.9 Å². The third kappa shape index (κ3) is 3.91. The van der Waals surface area contributed by atoms with Crippen LogP contribution < -0.4 is 5.32 Å². The molecule has 0 fully saturated rings. The van der Waals surface area contributed by atoms with Gasteiger partial charge in [0.1, 0.15) is 12.2 Å². The first-order chi connectivity index (χ1) is 12.2. The molecular weight excluding hydrogens is 314 g/mol. The van der Waals surface area contributed by atoms with E-state index in [2.05, 4.69) is 27.3 Å². The topological polar surface area (TPSA) is 72.7 Å². The molecule has 0 saturated heterocycles. The van der Waals surface area contributed by atoms with Crippen LogP contribution in [0.25, 0.3) is 11.1 Å². The quantitative estimate of drug-likeness (QED) is 0.750. The zero-order valence-corrected chi connectivity index (χ0v) is 14.4. The van der Waals surface area contributed by atoms with Crippen molar-refractivity contribution in [1.82, 2.24) is 25.1 Å². The summed E-state index contributed by atoms with van der Waals surface area (Å²) in [5.74, 6) is 0.642. The molecule has 3 aromatic rings. The molecule has 1 N–H and O–H groups in total. The van der Waals surface area contributed by atoms with Gasteiger partial charge in [-0.2, -0.15) is 5.10 Å². The zero-order chi connectivity index (χ0) is 17.6. The number of carbonyl (C=O) groups is 1. The van der Waals surface area contributed by atoms with E-state index in [9.17, 15) is 4.79 Å². The molecule has 0 aliphatic carbocycles. The number of amides is 1. The van der Waals surface area contributed by atoms with E-state index in [0.717, 1.165) is 29.9 Å². The van der Waals surface area contributed by atoms with Gasteiger partial charge in [-0.1, -0.05) is 19.1 Å². The Labute approximate surface area is 146 Å². The molecule has 6 heteroatoms. The van der Waals surface area contributed by atoms with Gasteiger partial charge in [-0.05, 0) is 48.7 Å². The molecular formula is C19H21N5O. The number of rotatable bonds is 6. The first kappa shape index (κ1) is 16.8. The zero-order valence-electron chi connectivity index (χ0n) is 14.4. The van der Waals surface area contributed by atoms with Crippen molar-refractivity contribution in [1.29, 1.82) is 0 Å². The van der Waals surface area contributed by atoms with Crippen molar-refractivity contribution >= 4 is 5.91 Å². The van der Waals surface area contributed by atoms with E-state index in [4.69, 9.17) is 0 Å². The van der Waals surface area contributed by atoms with Gasteiger partial charge in [-0.25, -0.2) is 9.67 Å². The van der Waals surface area contributed by atoms with Crippen LogP contribution in [0.5, 0.6) is 0 Å². The van der Waals surface area contributed by atoms with Gasteiger partial charge in [-0.3, -0.25) is 9.78 Å². The lowest BCUT2D eigenvalue weighted by Crippen LogP contribution is -2.29. The predicted octanol–water partition coefficient (Wildman–Crippen LogP) is 3.24. The lowest BCUT2D eigenvalue weighted by atomic mass is 10.0. The summed E-state index contributed by atoms with van der Waals surface area (Å²) < 4.78 is 1.83. The Bertz CT molecular complexity index is 827. The van der Waals surface area contributed by atoms with Crippen LogP contribution >= 0.6 is 0 Å². The van der Waals surface area contributed by atoms with Crippen molar-refractivity contribution in [2.24, 2.45) is 0 Å². The fourth-order valence-electron chi connectivity index (χ4n) is 2.70. The number of nitrogens with zero attached hydrogens (tertiary/aromatic N) is 4. The number of nitrogens with one attached hydrogen (secondary N) is 1. The minimum atomic E-state index is -0.207. The summed E-state index contributed by atoms with van der Waals surface area (Å²) in [6.07, 6.45) is 6.00. The molecule has 2 aromatic heterocycles. The summed E-state index contributed by atoms with van der Waals surface area (Å²) in [4.78, 5) is 20.8. The molecule has 0 saturated carbocycles. The molecule has 0 bridgehead atoms. The van der Waals surface area contributed by atoms with E-state index < -0.39 is 0 Å². The Morgan fingerprint density at radius 2 is 1.80 bits per heavy atom. The van der Waals surface area contributed by atoms with Crippen LogP contribution in [0.1, 0.15) is 42.5 Å². The smallest absolute Gasteiger partial charge is 0.251 e. The average Bonchev–Trinajstić information content (AvgIpc) is 3.11. The molecule has 1 amide bonds. The molecule has 0 radical (unpaired) electrons. The van der Waals surface area contributed by atoms with Gasteiger partial charge in [0.2, 0.25) is 0 Å². The summed E-state index contributed by atoms with van der Waals surface area (Å²) in [5.41, 5.74) is 2.74. The molecule has 1 atom stereocenters. The monoisotopic (exact) mass is 335 g/mol. The molecule has 2 heterocycles. The minimum Gasteiger partial charge on any atom is -0.342 e. The van der Waals surface area contributed by atoms with Gasteiger partial charge in [0.05, 0.1) is 6.04 Å². The third-order valence-corrected chi connectivity index (χ3v) is 3.98. The summed E-state index contributed by atoms with van der Waals surface area (Å²) in [5, 5.41) is 7.19. The second-order valence-electron chi connectivity index (χ2n) is 5.85. The molecule has 0 spiro atoms. The number of benzene rings is 1. The highest BCUT2D eigenvalue weighted by Crippen LogP contribution is 2.19. The molecule has 0 aliphatic heterocycles. The summed E-state index contributed by atoms with van der Waals surface area (Å²) >= 11 is 0. The molecule has 128 valence electrons. The number of hydrogen-bond acceptors (Lipinski definition) is 4. The van der Waals surface area contributed by atoms with Crippen LogP contribution in [0.4, 0.5) is 0 Å². The average molecular weight is 335 g/mol. The van der Waals surface area contributed by atoms with E-state index in [1.165, 1.54) is 6.33 Å². The first-order valence-corrected chi connectivity index (χ1v) is 8.38. The maximum Gasteiger partial charge on any atom is 0.251 e. The fourth-order valence-corrected chi connectivity index (χ4v) is 2.70. The highest BCUT2D eigenvalue weighted by molar-refractivity contribution is 5.94. The fraction of sp³-hybridized carbons (Fsp3) is 0.263. The standard InChI is InChI=1S/C19H21N5O/c1-3-12-24-18(21-13-22-24)14(2)23-19(25)17-6-4-15(5-7-17)16-8-10-20-11-9-16/h4-11,13-14H,3,12H2,1-2H3,(H,23,25)/t14-/m1/s1. The van der Waals surface area contributed by atoms with Gasteiger partial charge >= 0.3 is 0 Å². The van der Waals surface area contributed by atoms with Crippen LogP contribution in [0.3, 0.4) is 0 Å². The first-order valence-electron chi connectivity index (χ1n) is 8.38. The summed E-state index contributed by atoms with van der Waals surface area (Å²) in [7, 11) is 0. The van der Waals surface area contributed by atoms with Crippen molar-refractivity contribution < 1.29 is 4.79 Å². The van der Waals surface area contributed by atoms with Crippen LogP contribution in [-0.4, -0.2) is 25.7 Å². The second kappa shape index (κ2) is 7.70. The maximum absolute atomic E-state index is 12.5. The maximum atomic E-state index is 12.5. The lowest BCUT2D eigenvalue weighted by Gasteiger charge is -2.14. The SMILES string of the molecule is CCCn1ncnc1[C@@H](C)NC(=O)c1ccc(-c2ccncc2)cc1. The van der Waals surface area contributed by atoms with E-state index >= 15 is 0 Å². The largest absolute Gasteiger partial charge is 0.342 e. The molecule has 0 unspecified atom stereocenters. The van der Waals surface area contributed by atoms with Gasteiger partial charge in [0.25, 0.3) is 5.91 Å². The molecule has 25 heavy (non-hydrogen) atoms. The number of carbonyl (C=O) groups excluding carboxylic acids is 1. The Balaban J connectivity index is 1.70. The molecule has 0 aliphatic rings. The predicted molar refractivity (Wildman–Crippen MR) is 95.9 cm³/mol. The molecule has 1 aromatic carbocycles. The Hall–Kier alpha value is -3.02. The van der Waals surface area contributed by atoms with E-state index in [0.29, 0.717) is 5.56 Å². The van der Waals surface area contributed by atoms with E-state index in [1.807, 2.05) is 48.0 Å². The van der Waals surface area contributed by atoms with Crippen LogP contribution in [0.15, 0.2) is 55.1 Å². The van der Waals surface area contributed by atoms with Crippen LogP contribution in [0.2, 0.25) is 0 Å². The van der Waals surface area contributed by atoms with Crippen molar-refractivity contribution in [3.05, 3.63) is 66.5 Å². The van der Waals surface area contributed by atoms with E-state index in [1.54, 1.807) is 12.4 Å². The van der Waals surface area contributed by atoms with Gasteiger partial charge < -0.3 is 5.32 Å². The molecule has 3 rings (SSSR count). The summed E-state index contributed by atoms with van der Waals surface area (Å²) in [6, 6.07) is 11.2. The lowest BCUT2D eigenvalue weighted by molar-refractivity contribution is 0.0937. The highest BCUT2D eigenvalue weighted by Gasteiger charge is 2.16. The van der Waals surface area contributed by atoms with Gasteiger partial charge in [-0.15, -0.1) is 0 Å². The van der Waals surface area contributed by atoms with Crippen molar-refractivity contribution in [2.75, 3.05) is 0 Å². The normalized spacial score (nSPS) is 11.9. The number of aromatic nitrogens is 4. The van der Waals surface area contributed by atoms with Crippen molar-refractivity contribution in [3.63, 3.8) is 0 Å². The summed E-state index contributed by atoms with van der Waals surface area (Å²) in [6.45, 7) is 4.79. The van der Waals surface area contributed by atoms with Gasteiger partial charge in [0, 0.05) is 24.5 Å². The van der Waals surface area contributed by atoms with Gasteiger partial charge in [0.15, 0.2) is 0 Å². The number of hydrogen-bond donors (Lipinski definition) is 1. The highest BCUT2D eigenvalue weighted by atomic mass is 16.1. The Kier molecular flexibility index (Phi) is 5.18. The van der Waals surface area contributed by atoms with Crippen molar-refractivity contribution in [3.8, 4) is 11.1 Å². The van der Waals surface area contributed by atoms with Crippen LogP contribution in [0, 0.1) is 0 Å². The van der Waals surface area contributed by atoms with E-state index in [-0.39, 0.29) is 11.9 Å². The number of pyridine rings is 1.